The van der Waals surface area contributed by atoms with Gasteiger partial charge in [0.25, 0.3) is 0 Å². The predicted octanol–water partition coefficient (Wildman–Crippen LogP) is 7.89. The highest BCUT2D eigenvalue weighted by Gasteiger charge is 2.17. The Hall–Kier alpha value is -3.60. The summed E-state index contributed by atoms with van der Waals surface area (Å²) in [6.45, 7) is 0. The molecule has 0 aliphatic carbocycles. The minimum atomic E-state index is 0.619. The Kier molecular flexibility index (Phi) is 4.67. The van der Waals surface area contributed by atoms with Crippen molar-refractivity contribution >= 4 is 43.1 Å². The van der Waals surface area contributed by atoms with Crippen molar-refractivity contribution in [3.63, 3.8) is 0 Å². The van der Waals surface area contributed by atoms with E-state index in [-0.39, 0.29) is 0 Å². The van der Waals surface area contributed by atoms with Crippen molar-refractivity contribution in [2.45, 2.75) is 0 Å². The Morgan fingerprint density at radius 1 is 0.562 bits per heavy atom. The molecule has 0 aliphatic rings. The summed E-state index contributed by atoms with van der Waals surface area (Å²) in [6, 6.07) is 32.4. The van der Waals surface area contributed by atoms with E-state index in [0.717, 1.165) is 26.8 Å². The summed E-state index contributed by atoms with van der Waals surface area (Å²) >= 11 is 8.28. The molecule has 0 unspecified atom stereocenters. The predicted molar refractivity (Wildman–Crippen MR) is 134 cm³/mol. The Balaban J connectivity index is 1.68. The van der Waals surface area contributed by atoms with Gasteiger partial charge >= 0.3 is 0 Å². The smallest absolute Gasteiger partial charge is 0.164 e. The maximum absolute atomic E-state index is 6.55. The molecule has 0 saturated heterocycles. The number of hydrogen-bond acceptors (Lipinski definition) is 4. The fourth-order valence-corrected chi connectivity index (χ4v) is 5.38. The fourth-order valence-electron chi connectivity index (χ4n) is 3.93. The number of thiophene rings is 1. The third-order valence-corrected chi connectivity index (χ3v) is 6.72. The first-order chi connectivity index (χ1) is 15.8. The van der Waals surface area contributed by atoms with E-state index < -0.39 is 0 Å². The zero-order valence-electron chi connectivity index (χ0n) is 16.9. The summed E-state index contributed by atoms with van der Waals surface area (Å²) in [6.07, 6.45) is 0. The lowest BCUT2D eigenvalue weighted by Gasteiger charge is -2.10. The SMILES string of the molecule is Clc1cc(-c2nc(-c3ccccc3)nc(-c3ccccc3)n2)c2c(c1)sc1ccccc12. The maximum Gasteiger partial charge on any atom is 0.164 e. The second kappa shape index (κ2) is 7.83. The molecule has 0 N–H and O–H groups in total. The maximum atomic E-state index is 6.55. The molecule has 0 atom stereocenters. The zero-order chi connectivity index (χ0) is 21.5. The summed E-state index contributed by atoms with van der Waals surface area (Å²) in [5.74, 6) is 1.90. The highest BCUT2D eigenvalue weighted by atomic mass is 35.5. The lowest BCUT2D eigenvalue weighted by Crippen LogP contribution is -2.00. The van der Waals surface area contributed by atoms with Crippen LogP contribution in [-0.4, -0.2) is 15.0 Å². The van der Waals surface area contributed by atoms with Crippen LogP contribution in [0.1, 0.15) is 0 Å². The van der Waals surface area contributed by atoms with Crippen molar-refractivity contribution in [3.05, 3.63) is 102 Å². The van der Waals surface area contributed by atoms with Crippen LogP contribution in [-0.2, 0) is 0 Å². The highest BCUT2D eigenvalue weighted by molar-refractivity contribution is 7.26. The van der Waals surface area contributed by atoms with Crippen molar-refractivity contribution < 1.29 is 0 Å². The lowest BCUT2D eigenvalue weighted by molar-refractivity contribution is 1.08. The molecule has 6 aromatic rings. The van der Waals surface area contributed by atoms with E-state index in [9.17, 15) is 0 Å². The van der Waals surface area contributed by atoms with Crippen LogP contribution in [0.15, 0.2) is 97.1 Å². The number of halogens is 1. The van der Waals surface area contributed by atoms with Crippen molar-refractivity contribution in [1.29, 1.82) is 0 Å². The third-order valence-electron chi connectivity index (χ3n) is 5.38. The number of nitrogens with zero attached hydrogens (tertiary/aromatic N) is 3. The van der Waals surface area contributed by atoms with Gasteiger partial charge in [0.1, 0.15) is 0 Å². The van der Waals surface area contributed by atoms with Crippen LogP contribution in [0.3, 0.4) is 0 Å². The Morgan fingerprint density at radius 3 is 1.78 bits per heavy atom. The van der Waals surface area contributed by atoms with E-state index in [1.165, 1.54) is 10.1 Å². The molecule has 0 aliphatic heterocycles. The van der Waals surface area contributed by atoms with E-state index in [2.05, 4.69) is 24.3 Å². The van der Waals surface area contributed by atoms with E-state index in [1.54, 1.807) is 11.3 Å². The lowest BCUT2D eigenvalue weighted by atomic mass is 10.1. The average molecular weight is 450 g/mol. The van der Waals surface area contributed by atoms with E-state index in [4.69, 9.17) is 26.6 Å². The summed E-state index contributed by atoms with van der Waals surface area (Å²) in [5.41, 5.74) is 2.81. The van der Waals surface area contributed by atoms with Gasteiger partial charge in [-0.1, -0.05) is 90.5 Å². The highest BCUT2D eigenvalue weighted by Crippen LogP contribution is 2.41. The quantitative estimate of drug-likeness (QED) is 0.275. The van der Waals surface area contributed by atoms with Crippen molar-refractivity contribution in [2.75, 3.05) is 0 Å². The second-order valence-electron chi connectivity index (χ2n) is 7.46. The summed E-state index contributed by atoms with van der Waals surface area (Å²) in [7, 11) is 0. The normalized spacial score (nSPS) is 11.3. The molecule has 0 saturated carbocycles. The molecule has 2 heterocycles. The molecule has 152 valence electrons. The van der Waals surface area contributed by atoms with Gasteiger partial charge < -0.3 is 0 Å². The van der Waals surface area contributed by atoms with Crippen LogP contribution in [0, 0.1) is 0 Å². The van der Waals surface area contributed by atoms with Crippen LogP contribution in [0.25, 0.3) is 54.3 Å². The largest absolute Gasteiger partial charge is 0.208 e. The molecular formula is C27H16ClN3S. The number of aromatic nitrogens is 3. The number of hydrogen-bond donors (Lipinski definition) is 0. The number of fused-ring (bicyclic) bond motifs is 3. The summed E-state index contributed by atoms with van der Waals surface area (Å²) in [5, 5.41) is 2.98. The molecule has 3 nitrogen and oxygen atoms in total. The Labute approximate surface area is 194 Å². The zero-order valence-corrected chi connectivity index (χ0v) is 18.4. The molecule has 6 rings (SSSR count). The van der Waals surface area contributed by atoms with Gasteiger partial charge in [0.15, 0.2) is 17.5 Å². The molecule has 0 fully saturated rings. The first-order valence-electron chi connectivity index (χ1n) is 10.2. The average Bonchev–Trinajstić information content (AvgIpc) is 3.22. The van der Waals surface area contributed by atoms with E-state index in [1.807, 2.05) is 72.8 Å². The number of benzene rings is 4. The first-order valence-corrected chi connectivity index (χ1v) is 11.4. The van der Waals surface area contributed by atoms with Crippen molar-refractivity contribution in [1.82, 2.24) is 15.0 Å². The van der Waals surface area contributed by atoms with Crippen LogP contribution in [0.5, 0.6) is 0 Å². The van der Waals surface area contributed by atoms with Gasteiger partial charge in [0.05, 0.1) is 0 Å². The summed E-state index contributed by atoms with van der Waals surface area (Å²) in [4.78, 5) is 14.6. The third kappa shape index (κ3) is 3.34. The van der Waals surface area contributed by atoms with Gasteiger partial charge in [0.2, 0.25) is 0 Å². The molecule has 0 amide bonds. The fraction of sp³-hybridized carbons (Fsp3) is 0. The standard InChI is InChI=1S/C27H16ClN3S/c28-19-15-21(24-20-13-7-8-14-22(20)32-23(24)16-19)27-30-25(17-9-3-1-4-10-17)29-26(31-27)18-11-5-2-6-12-18/h1-16H. The van der Waals surface area contributed by atoms with Crippen LogP contribution in [0.4, 0.5) is 0 Å². The molecule has 0 bridgehead atoms. The van der Waals surface area contributed by atoms with Crippen molar-refractivity contribution in [3.8, 4) is 34.2 Å². The van der Waals surface area contributed by atoms with Gasteiger partial charge in [-0.15, -0.1) is 11.3 Å². The van der Waals surface area contributed by atoms with E-state index >= 15 is 0 Å². The molecule has 4 aromatic carbocycles. The minimum Gasteiger partial charge on any atom is -0.208 e. The molecule has 2 aromatic heterocycles. The Morgan fingerprint density at radius 2 is 1.12 bits per heavy atom. The van der Waals surface area contributed by atoms with Crippen LogP contribution >= 0.6 is 22.9 Å². The van der Waals surface area contributed by atoms with Crippen LogP contribution in [0.2, 0.25) is 5.02 Å². The van der Waals surface area contributed by atoms with Gasteiger partial charge in [-0.2, -0.15) is 0 Å². The molecule has 5 heteroatoms. The Bertz CT molecular complexity index is 1520. The van der Waals surface area contributed by atoms with Gasteiger partial charge in [-0.25, -0.2) is 15.0 Å². The monoisotopic (exact) mass is 449 g/mol. The van der Waals surface area contributed by atoms with E-state index in [0.29, 0.717) is 22.5 Å². The number of rotatable bonds is 3. The molecule has 32 heavy (non-hydrogen) atoms. The minimum absolute atomic E-state index is 0.619. The first kappa shape index (κ1) is 19.1. The van der Waals surface area contributed by atoms with Gasteiger partial charge in [0, 0.05) is 41.9 Å². The molecule has 0 radical (unpaired) electrons. The van der Waals surface area contributed by atoms with Gasteiger partial charge in [-0.05, 0) is 18.2 Å². The topological polar surface area (TPSA) is 38.7 Å². The van der Waals surface area contributed by atoms with Crippen molar-refractivity contribution in [2.24, 2.45) is 0 Å². The molecule has 0 spiro atoms. The van der Waals surface area contributed by atoms with Crippen LogP contribution < -0.4 is 0 Å². The van der Waals surface area contributed by atoms with Gasteiger partial charge in [-0.3, -0.25) is 0 Å². The second-order valence-corrected chi connectivity index (χ2v) is 8.98. The molecular weight excluding hydrogens is 434 g/mol. The summed E-state index contributed by atoms with van der Waals surface area (Å²) < 4.78 is 2.34.